The number of quaternary nitrogens is 1. The van der Waals surface area contributed by atoms with Gasteiger partial charge < -0.3 is 15.2 Å². The van der Waals surface area contributed by atoms with Gasteiger partial charge in [-0.1, -0.05) is 20.3 Å². The average Bonchev–Trinajstić information content (AvgIpc) is 2.24. The van der Waals surface area contributed by atoms with Gasteiger partial charge in [0.25, 0.3) is 5.78 Å². The van der Waals surface area contributed by atoms with E-state index in [1.807, 2.05) is 0 Å². The van der Waals surface area contributed by atoms with Crippen LogP contribution in [0.4, 0.5) is 0 Å². The number of hydrogen-bond donors (Lipinski definition) is 1. The van der Waals surface area contributed by atoms with Gasteiger partial charge in [0.2, 0.25) is 0 Å². The Kier molecular flexibility index (Phi) is 9.72. The van der Waals surface area contributed by atoms with Gasteiger partial charge in [0.05, 0.1) is 19.5 Å². The predicted molar refractivity (Wildman–Crippen MR) is 66.1 cm³/mol. The summed E-state index contributed by atoms with van der Waals surface area (Å²) >= 11 is 0. The lowest BCUT2D eigenvalue weighted by molar-refractivity contribution is -0.653. The van der Waals surface area contributed by atoms with Crippen LogP contribution in [-0.4, -0.2) is 29.6 Å². The van der Waals surface area contributed by atoms with Crippen LogP contribution in [0.15, 0.2) is 0 Å². The first-order valence-electron chi connectivity index (χ1n) is 6.57. The molecule has 0 spiro atoms. The molecular weight excluding hydrogens is 218 g/mol. The third-order valence-corrected chi connectivity index (χ3v) is 2.69. The summed E-state index contributed by atoms with van der Waals surface area (Å²) in [6.45, 7) is 6.38. The lowest BCUT2D eigenvalue weighted by Crippen LogP contribution is -2.84. The van der Waals surface area contributed by atoms with Crippen molar-refractivity contribution in [3.05, 3.63) is 0 Å². The highest BCUT2D eigenvalue weighted by Crippen LogP contribution is 2.04. The molecule has 4 heteroatoms. The highest BCUT2D eigenvalue weighted by molar-refractivity contribution is 5.82. The van der Waals surface area contributed by atoms with Crippen LogP contribution >= 0.6 is 0 Å². The van der Waals surface area contributed by atoms with Gasteiger partial charge in [0, 0.05) is 5.97 Å². The molecule has 0 unspecified atom stereocenters. The Bertz CT molecular complexity index is 227. The number of hydrogen-bond acceptors (Lipinski definition) is 2. The molecular formula is C13H26NO3+. The number of rotatable bonds is 11. The summed E-state index contributed by atoms with van der Waals surface area (Å²) in [5, 5.41) is 12.3. The second-order valence-electron chi connectivity index (χ2n) is 4.94. The molecule has 0 radical (unpaired) electrons. The molecule has 0 fully saturated rings. The van der Waals surface area contributed by atoms with Crippen LogP contribution in [0.2, 0.25) is 0 Å². The number of nitrogens with two attached hydrogens (primary N) is 1. The van der Waals surface area contributed by atoms with Crippen LogP contribution in [0.3, 0.4) is 0 Å². The van der Waals surface area contributed by atoms with E-state index in [0.29, 0.717) is 6.42 Å². The maximum atomic E-state index is 10.2. The maximum absolute atomic E-state index is 10.2. The van der Waals surface area contributed by atoms with E-state index in [2.05, 4.69) is 19.2 Å². The molecule has 0 aromatic heterocycles. The van der Waals surface area contributed by atoms with Gasteiger partial charge in [-0.3, -0.25) is 4.79 Å². The van der Waals surface area contributed by atoms with E-state index in [4.69, 9.17) is 0 Å². The average molecular weight is 244 g/mol. The minimum absolute atomic E-state index is 0.0831. The molecule has 0 saturated heterocycles. The van der Waals surface area contributed by atoms with Gasteiger partial charge >= 0.3 is 0 Å². The van der Waals surface area contributed by atoms with Crippen molar-refractivity contribution in [1.82, 2.24) is 0 Å². The zero-order chi connectivity index (χ0) is 13.1. The van der Waals surface area contributed by atoms with E-state index in [9.17, 15) is 14.7 Å². The molecule has 0 aliphatic heterocycles. The second kappa shape index (κ2) is 10.3. The number of carbonyl (C=O) groups is 1. The topological polar surface area (TPSA) is 78.1 Å². The number of unbranched alkanes of at least 4 members (excludes halogenated alkanes) is 1. The third-order valence-electron chi connectivity index (χ3n) is 2.69. The lowest BCUT2D eigenvalue weighted by Gasteiger charge is -2.03. The minimum Gasteiger partial charge on any atom is -0.550 e. The SMILES string of the molecule is CC(C)CCCC[NH2+]CCC(=[OH+])CCC(=O)[O-]. The Morgan fingerprint density at radius 2 is 1.88 bits per heavy atom. The minimum atomic E-state index is -1.10. The van der Waals surface area contributed by atoms with Gasteiger partial charge in [-0.15, -0.1) is 0 Å². The van der Waals surface area contributed by atoms with Crippen LogP contribution in [-0.2, 0) is 4.79 Å². The van der Waals surface area contributed by atoms with Crippen LogP contribution in [0.25, 0.3) is 0 Å². The molecule has 100 valence electrons. The molecule has 17 heavy (non-hydrogen) atoms. The first-order chi connectivity index (χ1) is 8.02. The normalized spacial score (nSPS) is 10.8. The zero-order valence-corrected chi connectivity index (χ0v) is 11.1. The molecule has 0 aromatic rings. The quantitative estimate of drug-likeness (QED) is 0.405. The van der Waals surface area contributed by atoms with Crippen molar-refractivity contribution >= 4 is 11.8 Å². The number of aliphatic carboxylic acids is 1. The van der Waals surface area contributed by atoms with Crippen molar-refractivity contribution < 1.29 is 20.0 Å². The van der Waals surface area contributed by atoms with E-state index >= 15 is 0 Å². The summed E-state index contributed by atoms with van der Waals surface area (Å²) in [7, 11) is 0. The summed E-state index contributed by atoms with van der Waals surface area (Å²) in [5.41, 5.74) is 0. The number of carbonyl (C=O) groups excluding carboxylic acids is 2. The summed E-state index contributed by atoms with van der Waals surface area (Å²) in [6, 6.07) is 0. The predicted octanol–water partition coefficient (Wildman–Crippen LogP) is -0.159. The molecule has 3 N–H and O–H groups in total. The monoisotopic (exact) mass is 244 g/mol. The van der Waals surface area contributed by atoms with E-state index in [0.717, 1.165) is 19.0 Å². The summed E-state index contributed by atoms with van der Waals surface area (Å²) in [4.78, 5) is 19.5. The first-order valence-corrected chi connectivity index (χ1v) is 6.57. The smallest absolute Gasteiger partial charge is 0.299 e. The molecule has 0 aromatic carbocycles. The standard InChI is InChI=1S/C13H25NO3/c1-11(2)5-3-4-9-14-10-8-12(15)6-7-13(16)17/h11,14H,3-10H2,1-2H3,(H,16,17)/p+1. The van der Waals surface area contributed by atoms with Crippen LogP contribution in [0.5, 0.6) is 0 Å². The summed E-state index contributed by atoms with van der Waals surface area (Å²) < 4.78 is 0. The Hall–Kier alpha value is -0.900. The Morgan fingerprint density at radius 3 is 2.47 bits per heavy atom. The van der Waals surface area contributed by atoms with Gasteiger partial charge in [-0.25, -0.2) is 0 Å². The Labute approximate surface area is 104 Å². The van der Waals surface area contributed by atoms with Crippen molar-refractivity contribution in [3.63, 3.8) is 0 Å². The number of carboxylic acid groups (broad SMARTS) is 1. The molecule has 0 aliphatic rings. The lowest BCUT2D eigenvalue weighted by atomic mass is 10.1. The zero-order valence-electron chi connectivity index (χ0n) is 11.1. The van der Waals surface area contributed by atoms with Crippen LogP contribution in [0.1, 0.15) is 52.4 Å². The molecule has 0 atom stereocenters. The van der Waals surface area contributed by atoms with Crippen molar-refractivity contribution in [1.29, 1.82) is 0 Å². The highest BCUT2D eigenvalue weighted by atomic mass is 16.4. The maximum Gasteiger partial charge on any atom is 0.299 e. The fourth-order valence-electron chi connectivity index (χ4n) is 1.63. The van der Waals surface area contributed by atoms with Crippen molar-refractivity contribution in [3.8, 4) is 0 Å². The van der Waals surface area contributed by atoms with Gasteiger partial charge in [0.15, 0.2) is 0 Å². The Morgan fingerprint density at radius 1 is 1.18 bits per heavy atom. The van der Waals surface area contributed by atoms with Crippen LogP contribution in [0, 0.1) is 5.92 Å². The van der Waals surface area contributed by atoms with Crippen molar-refractivity contribution in [2.24, 2.45) is 5.92 Å². The van der Waals surface area contributed by atoms with E-state index in [1.54, 1.807) is 0 Å². The van der Waals surface area contributed by atoms with E-state index in [-0.39, 0.29) is 18.6 Å². The van der Waals surface area contributed by atoms with Gasteiger partial charge in [-0.05, 0) is 25.2 Å². The van der Waals surface area contributed by atoms with Crippen molar-refractivity contribution in [2.45, 2.75) is 52.4 Å². The van der Waals surface area contributed by atoms with Crippen molar-refractivity contribution in [2.75, 3.05) is 13.1 Å². The summed E-state index contributed by atoms with van der Waals surface area (Å²) in [6.07, 6.45) is 4.46. The third kappa shape index (κ3) is 13.0. The summed E-state index contributed by atoms with van der Waals surface area (Å²) in [5.74, 6) is -0.0566. The first kappa shape index (κ1) is 16.1. The number of ketones is 1. The molecule has 0 aliphatic carbocycles. The molecule has 0 amide bonds. The second-order valence-corrected chi connectivity index (χ2v) is 4.94. The largest absolute Gasteiger partial charge is 0.550 e. The van der Waals surface area contributed by atoms with Crippen LogP contribution < -0.4 is 10.4 Å². The fraction of sp³-hybridized carbons (Fsp3) is 0.846. The molecule has 0 bridgehead atoms. The molecule has 0 heterocycles. The fourth-order valence-corrected chi connectivity index (χ4v) is 1.63. The molecule has 4 nitrogen and oxygen atoms in total. The molecule has 0 saturated carbocycles. The van der Waals surface area contributed by atoms with E-state index < -0.39 is 5.97 Å². The highest BCUT2D eigenvalue weighted by Gasteiger charge is 2.09. The Balaban J connectivity index is 3.22. The van der Waals surface area contributed by atoms with Gasteiger partial charge in [-0.2, -0.15) is 0 Å². The number of carboxylic acids is 1. The van der Waals surface area contributed by atoms with E-state index in [1.165, 1.54) is 19.3 Å². The van der Waals surface area contributed by atoms with Gasteiger partial charge in [0.1, 0.15) is 6.42 Å². The molecule has 0 rings (SSSR count).